The number of hydrogen-bond acceptors (Lipinski definition) is 5. The fraction of sp³-hybridized carbons (Fsp3) is 0.294. The maximum atomic E-state index is 5.52. The number of thiocarbonyl (C=S) groups is 1. The lowest BCUT2D eigenvalue weighted by molar-refractivity contribution is 0.214. The van der Waals surface area contributed by atoms with Crippen LogP contribution in [0.3, 0.4) is 0 Å². The monoisotopic (exact) mass is 364 g/mol. The van der Waals surface area contributed by atoms with Gasteiger partial charge in [-0.1, -0.05) is 23.1 Å². The van der Waals surface area contributed by atoms with Crippen LogP contribution in [0.1, 0.15) is 11.4 Å². The summed E-state index contributed by atoms with van der Waals surface area (Å²) in [4.78, 5) is 13.4. The summed E-state index contributed by atoms with van der Waals surface area (Å²) in [5.74, 6) is 0. The maximum absolute atomic E-state index is 5.52. The molecule has 0 atom stereocenters. The molecule has 6 nitrogen and oxygen atoms in total. The summed E-state index contributed by atoms with van der Waals surface area (Å²) in [5, 5.41) is 5.20. The first-order valence-corrected chi connectivity index (χ1v) is 9.11. The topological polar surface area (TPSA) is 56.7 Å². The first-order valence-electron chi connectivity index (χ1n) is 8.70. The molecule has 0 unspecified atom stereocenters. The Morgan fingerprint density at radius 1 is 1.00 bits per heavy atom. The van der Waals surface area contributed by atoms with Crippen LogP contribution in [-0.4, -0.2) is 79.5 Å². The molecule has 1 N–H and O–H groups in total. The SMILES string of the molecule is Bc1ccc(C(=NNC(=S)N2CCN(C)CC2)c2ccc(B)cn2)nc1. The molecule has 1 aliphatic rings. The number of aromatic nitrogens is 2. The van der Waals surface area contributed by atoms with Crippen molar-refractivity contribution in [1.29, 1.82) is 0 Å². The number of likely N-dealkylation sites (N-methyl/N-ethyl adjacent to an activating group) is 1. The highest BCUT2D eigenvalue weighted by Gasteiger charge is 2.17. The number of piperazine rings is 1. The second-order valence-electron chi connectivity index (χ2n) is 6.61. The van der Waals surface area contributed by atoms with Gasteiger partial charge in [-0.05, 0) is 31.4 Å². The summed E-state index contributed by atoms with van der Waals surface area (Å²) < 4.78 is 0. The molecule has 26 heavy (non-hydrogen) atoms. The van der Waals surface area contributed by atoms with E-state index in [0.29, 0.717) is 10.8 Å². The highest BCUT2D eigenvalue weighted by molar-refractivity contribution is 7.80. The van der Waals surface area contributed by atoms with E-state index in [-0.39, 0.29) is 0 Å². The summed E-state index contributed by atoms with van der Waals surface area (Å²) >= 11 is 5.52. The summed E-state index contributed by atoms with van der Waals surface area (Å²) in [6, 6.07) is 7.95. The van der Waals surface area contributed by atoms with E-state index in [1.54, 1.807) is 0 Å². The molecule has 0 spiro atoms. The molecular weight excluding hydrogens is 342 g/mol. The number of rotatable bonds is 3. The van der Waals surface area contributed by atoms with Crippen LogP contribution >= 0.6 is 12.2 Å². The Hall–Kier alpha value is -2.25. The molecule has 0 saturated carbocycles. The zero-order valence-electron chi connectivity index (χ0n) is 15.4. The number of pyridine rings is 2. The quantitative estimate of drug-likeness (QED) is 0.291. The van der Waals surface area contributed by atoms with Gasteiger partial charge in [-0.15, -0.1) is 0 Å². The molecule has 1 fully saturated rings. The Morgan fingerprint density at radius 3 is 2.00 bits per heavy atom. The van der Waals surface area contributed by atoms with Crippen LogP contribution in [-0.2, 0) is 0 Å². The fourth-order valence-electron chi connectivity index (χ4n) is 2.65. The minimum Gasteiger partial charge on any atom is -0.345 e. The first kappa shape index (κ1) is 18.5. The van der Waals surface area contributed by atoms with E-state index in [0.717, 1.165) is 48.5 Å². The fourth-order valence-corrected chi connectivity index (χ4v) is 2.87. The molecule has 1 aliphatic heterocycles. The molecule has 3 heterocycles. The van der Waals surface area contributed by atoms with Crippen LogP contribution in [0, 0.1) is 0 Å². The van der Waals surface area contributed by atoms with E-state index in [9.17, 15) is 0 Å². The van der Waals surface area contributed by atoms with Gasteiger partial charge in [0, 0.05) is 38.6 Å². The van der Waals surface area contributed by atoms with E-state index in [4.69, 9.17) is 12.2 Å². The normalized spacial score (nSPS) is 14.7. The standard InChI is InChI=1S/C17H22B2N6S/c1-24-6-8-25(9-7-24)17(26)23-22-16(14-4-2-12(18)10-20-14)15-5-3-13(19)11-21-15/h2-5,10-11H,6-9,18-19H2,1H3,(H,23,26). The van der Waals surface area contributed by atoms with Crippen LogP contribution < -0.4 is 16.4 Å². The van der Waals surface area contributed by atoms with Crippen LogP contribution in [0.25, 0.3) is 0 Å². The molecule has 0 radical (unpaired) electrons. The third-order valence-electron chi connectivity index (χ3n) is 4.36. The van der Waals surface area contributed by atoms with Crippen molar-refractivity contribution < 1.29 is 0 Å². The molecule has 0 aliphatic carbocycles. The molecule has 0 aromatic carbocycles. The van der Waals surface area contributed by atoms with Crippen molar-refractivity contribution in [2.24, 2.45) is 5.10 Å². The number of hydrazone groups is 1. The molecule has 0 bridgehead atoms. The van der Waals surface area contributed by atoms with Gasteiger partial charge in [0.2, 0.25) is 0 Å². The van der Waals surface area contributed by atoms with Crippen molar-refractivity contribution in [3.63, 3.8) is 0 Å². The minimum absolute atomic E-state index is 0.634. The number of hydrogen-bond donors (Lipinski definition) is 1. The molecule has 0 amide bonds. The highest BCUT2D eigenvalue weighted by atomic mass is 32.1. The van der Waals surface area contributed by atoms with Crippen LogP contribution in [0.15, 0.2) is 41.8 Å². The lowest BCUT2D eigenvalue weighted by Crippen LogP contribution is -2.49. The van der Waals surface area contributed by atoms with Crippen molar-refractivity contribution in [3.8, 4) is 0 Å². The van der Waals surface area contributed by atoms with Gasteiger partial charge in [-0.2, -0.15) is 5.10 Å². The Morgan fingerprint density at radius 2 is 1.54 bits per heavy atom. The first-order chi connectivity index (χ1) is 12.5. The van der Waals surface area contributed by atoms with Crippen LogP contribution in [0.5, 0.6) is 0 Å². The Kier molecular flexibility index (Phi) is 6.00. The van der Waals surface area contributed by atoms with Crippen molar-refractivity contribution in [3.05, 3.63) is 48.0 Å². The molecule has 9 heteroatoms. The van der Waals surface area contributed by atoms with Gasteiger partial charge in [0.15, 0.2) is 5.11 Å². The third kappa shape index (κ3) is 4.68. The molecule has 3 rings (SSSR count). The third-order valence-corrected chi connectivity index (χ3v) is 4.71. The van der Waals surface area contributed by atoms with E-state index >= 15 is 0 Å². The molecule has 2 aromatic rings. The minimum atomic E-state index is 0.634. The van der Waals surface area contributed by atoms with Crippen molar-refractivity contribution in [2.75, 3.05) is 33.2 Å². The molecular formula is C17H22B2N6S. The van der Waals surface area contributed by atoms with Gasteiger partial charge in [0.25, 0.3) is 0 Å². The second kappa shape index (κ2) is 8.42. The van der Waals surface area contributed by atoms with Crippen LogP contribution in [0.2, 0.25) is 0 Å². The summed E-state index contributed by atoms with van der Waals surface area (Å²) in [5.41, 5.74) is 7.46. The maximum Gasteiger partial charge on any atom is 0.189 e. The van der Waals surface area contributed by atoms with E-state index in [2.05, 4.69) is 37.3 Å². The zero-order valence-corrected chi connectivity index (χ0v) is 16.3. The van der Waals surface area contributed by atoms with Gasteiger partial charge >= 0.3 is 0 Å². The summed E-state index contributed by atoms with van der Waals surface area (Å²) in [6.07, 6.45) is 3.66. The predicted molar refractivity (Wildman–Crippen MR) is 115 cm³/mol. The van der Waals surface area contributed by atoms with Crippen molar-refractivity contribution in [1.82, 2.24) is 25.2 Å². The van der Waals surface area contributed by atoms with Gasteiger partial charge in [0.05, 0.1) is 11.4 Å². The highest BCUT2D eigenvalue weighted by Crippen LogP contribution is 2.05. The summed E-state index contributed by atoms with van der Waals surface area (Å²) in [6.45, 7) is 3.80. The average Bonchev–Trinajstić information content (AvgIpc) is 2.65. The zero-order chi connectivity index (χ0) is 18.5. The van der Waals surface area contributed by atoms with E-state index in [1.165, 1.54) is 0 Å². The smallest absolute Gasteiger partial charge is 0.189 e. The van der Waals surface area contributed by atoms with Crippen molar-refractivity contribution in [2.45, 2.75) is 0 Å². The van der Waals surface area contributed by atoms with Gasteiger partial charge in [-0.3, -0.25) is 15.4 Å². The van der Waals surface area contributed by atoms with Gasteiger partial charge < -0.3 is 9.80 Å². The molecule has 2 aromatic heterocycles. The molecule has 132 valence electrons. The Balaban J connectivity index is 1.82. The predicted octanol–water partition coefficient (Wildman–Crippen LogP) is -2.13. The lowest BCUT2D eigenvalue weighted by atomic mass is 9.97. The van der Waals surface area contributed by atoms with Crippen LogP contribution in [0.4, 0.5) is 0 Å². The average molecular weight is 364 g/mol. The van der Waals surface area contributed by atoms with Crippen molar-refractivity contribution >= 4 is 49.7 Å². The number of nitrogens with zero attached hydrogens (tertiary/aromatic N) is 5. The van der Waals surface area contributed by atoms with E-state index in [1.807, 2.05) is 52.4 Å². The van der Waals surface area contributed by atoms with Gasteiger partial charge in [-0.25, -0.2) is 0 Å². The summed E-state index contributed by atoms with van der Waals surface area (Å²) in [7, 11) is 6.15. The number of nitrogens with one attached hydrogen (secondary N) is 1. The lowest BCUT2D eigenvalue weighted by Gasteiger charge is -2.33. The van der Waals surface area contributed by atoms with Gasteiger partial charge in [0.1, 0.15) is 21.4 Å². The Bertz CT molecular complexity index is 738. The van der Waals surface area contributed by atoms with E-state index < -0.39 is 0 Å². The molecule has 1 saturated heterocycles. The Labute approximate surface area is 161 Å². The largest absolute Gasteiger partial charge is 0.345 e. The second-order valence-corrected chi connectivity index (χ2v) is 7.00.